The summed E-state index contributed by atoms with van der Waals surface area (Å²) in [6, 6.07) is 18.4. The largest absolute Gasteiger partial charge is 0.462 e. The SMILES string of the molecule is C=C(C)C(=O)OCC(COC)CC1CCC(c2ccc(-c3ccc(CCCCC)cc3)cc2)CC1. The van der Waals surface area contributed by atoms with Gasteiger partial charge in [-0.3, -0.25) is 0 Å². The molecule has 2 aromatic rings. The van der Waals surface area contributed by atoms with Gasteiger partial charge >= 0.3 is 5.97 Å². The van der Waals surface area contributed by atoms with Crippen LogP contribution in [-0.2, 0) is 20.7 Å². The number of hydrogen-bond acceptors (Lipinski definition) is 3. The molecule has 0 heterocycles. The van der Waals surface area contributed by atoms with E-state index in [4.69, 9.17) is 9.47 Å². The van der Waals surface area contributed by atoms with E-state index < -0.39 is 0 Å². The fraction of sp³-hybridized carbons (Fsp3) is 0.531. The molecule has 0 aliphatic heterocycles. The topological polar surface area (TPSA) is 35.5 Å². The van der Waals surface area contributed by atoms with E-state index >= 15 is 0 Å². The van der Waals surface area contributed by atoms with Gasteiger partial charge in [-0.1, -0.05) is 74.9 Å². The Morgan fingerprint density at radius 2 is 1.57 bits per heavy atom. The summed E-state index contributed by atoms with van der Waals surface area (Å²) in [5.74, 6) is 1.26. The minimum Gasteiger partial charge on any atom is -0.462 e. The fourth-order valence-electron chi connectivity index (χ4n) is 5.33. The lowest BCUT2D eigenvalue weighted by molar-refractivity contribution is -0.141. The lowest BCUT2D eigenvalue weighted by Crippen LogP contribution is -2.23. The molecule has 1 aliphatic carbocycles. The van der Waals surface area contributed by atoms with Crippen LogP contribution in [0.3, 0.4) is 0 Å². The minimum atomic E-state index is -0.304. The number of unbranched alkanes of at least 4 members (excludes halogenated alkanes) is 2. The van der Waals surface area contributed by atoms with Crippen LogP contribution in [0.15, 0.2) is 60.7 Å². The van der Waals surface area contributed by atoms with Crippen molar-refractivity contribution in [1.82, 2.24) is 0 Å². The lowest BCUT2D eigenvalue weighted by Gasteiger charge is -2.31. The van der Waals surface area contributed by atoms with Crippen LogP contribution < -0.4 is 0 Å². The third kappa shape index (κ3) is 8.65. The van der Waals surface area contributed by atoms with Crippen LogP contribution in [0.1, 0.15) is 82.3 Å². The van der Waals surface area contributed by atoms with Crippen LogP contribution in [0.5, 0.6) is 0 Å². The Labute approximate surface area is 212 Å². The van der Waals surface area contributed by atoms with Crippen LogP contribution in [0.4, 0.5) is 0 Å². The van der Waals surface area contributed by atoms with Crippen LogP contribution in [0, 0.1) is 11.8 Å². The molecule has 2 aromatic carbocycles. The van der Waals surface area contributed by atoms with E-state index in [9.17, 15) is 4.79 Å². The number of benzene rings is 2. The molecule has 3 heteroatoms. The summed E-state index contributed by atoms with van der Waals surface area (Å²) in [5.41, 5.74) is 5.96. The zero-order valence-corrected chi connectivity index (χ0v) is 22.1. The molecule has 1 aliphatic rings. The second-order valence-electron chi connectivity index (χ2n) is 10.4. The molecule has 0 spiro atoms. The molecule has 0 N–H and O–H groups in total. The van der Waals surface area contributed by atoms with Gasteiger partial charge in [-0.05, 0) is 86.0 Å². The second kappa shape index (κ2) is 14.2. The van der Waals surface area contributed by atoms with Crippen LogP contribution >= 0.6 is 0 Å². The van der Waals surface area contributed by atoms with Gasteiger partial charge in [-0.15, -0.1) is 0 Å². The van der Waals surface area contributed by atoms with E-state index in [1.165, 1.54) is 73.6 Å². The van der Waals surface area contributed by atoms with Crippen LogP contribution in [0.25, 0.3) is 11.1 Å². The van der Waals surface area contributed by atoms with Crippen molar-refractivity contribution in [2.24, 2.45) is 11.8 Å². The molecule has 1 atom stereocenters. The first-order valence-corrected chi connectivity index (χ1v) is 13.5. The predicted molar refractivity (Wildman–Crippen MR) is 146 cm³/mol. The van der Waals surface area contributed by atoms with Gasteiger partial charge < -0.3 is 9.47 Å². The van der Waals surface area contributed by atoms with Crippen molar-refractivity contribution < 1.29 is 14.3 Å². The van der Waals surface area contributed by atoms with Gasteiger partial charge in [0.25, 0.3) is 0 Å². The molecule has 190 valence electrons. The molecule has 0 aromatic heterocycles. The van der Waals surface area contributed by atoms with Crippen molar-refractivity contribution in [3.63, 3.8) is 0 Å². The predicted octanol–water partition coefficient (Wildman–Crippen LogP) is 8.13. The smallest absolute Gasteiger partial charge is 0.333 e. The molecule has 0 saturated heterocycles. The number of methoxy groups -OCH3 is 1. The monoisotopic (exact) mass is 476 g/mol. The summed E-state index contributed by atoms with van der Waals surface area (Å²) in [5, 5.41) is 0. The van der Waals surface area contributed by atoms with Gasteiger partial charge in [0.1, 0.15) is 0 Å². The van der Waals surface area contributed by atoms with E-state index in [1.54, 1.807) is 14.0 Å². The molecule has 0 radical (unpaired) electrons. The van der Waals surface area contributed by atoms with Crippen molar-refractivity contribution >= 4 is 5.97 Å². The van der Waals surface area contributed by atoms with Crippen molar-refractivity contribution in [2.45, 2.75) is 77.6 Å². The highest BCUT2D eigenvalue weighted by atomic mass is 16.5. The van der Waals surface area contributed by atoms with E-state index in [2.05, 4.69) is 62.0 Å². The summed E-state index contributed by atoms with van der Waals surface area (Å²) in [4.78, 5) is 11.8. The quantitative estimate of drug-likeness (QED) is 0.166. The van der Waals surface area contributed by atoms with Crippen molar-refractivity contribution in [3.8, 4) is 11.1 Å². The highest BCUT2D eigenvalue weighted by Gasteiger charge is 2.25. The number of ether oxygens (including phenoxy) is 2. The fourth-order valence-corrected chi connectivity index (χ4v) is 5.33. The third-order valence-corrected chi connectivity index (χ3v) is 7.45. The van der Waals surface area contributed by atoms with Crippen molar-refractivity contribution in [3.05, 3.63) is 71.8 Å². The number of esters is 1. The summed E-state index contributed by atoms with van der Waals surface area (Å²) in [6.07, 6.45) is 11.0. The van der Waals surface area contributed by atoms with Crippen LogP contribution in [-0.4, -0.2) is 26.3 Å². The van der Waals surface area contributed by atoms with Gasteiger partial charge in [0.05, 0.1) is 13.2 Å². The lowest BCUT2D eigenvalue weighted by atomic mass is 9.75. The van der Waals surface area contributed by atoms with Gasteiger partial charge in [0.15, 0.2) is 0 Å². The summed E-state index contributed by atoms with van der Waals surface area (Å²) < 4.78 is 10.8. The Morgan fingerprint density at radius 1 is 0.943 bits per heavy atom. The van der Waals surface area contributed by atoms with Crippen molar-refractivity contribution in [2.75, 3.05) is 20.3 Å². The summed E-state index contributed by atoms with van der Waals surface area (Å²) in [6.45, 7) is 8.65. The Bertz CT molecular complexity index is 905. The normalized spacial score (nSPS) is 18.7. The van der Waals surface area contributed by atoms with E-state index in [-0.39, 0.29) is 11.9 Å². The molecule has 1 fully saturated rings. The Morgan fingerprint density at radius 3 is 2.14 bits per heavy atom. The molecule has 3 nitrogen and oxygen atoms in total. The zero-order valence-electron chi connectivity index (χ0n) is 22.1. The van der Waals surface area contributed by atoms with E-state index in [0.717, 1.165) is 6.42 Å². The second-order valence-corrected chi connectivity index (χ2v) is 10.4. The van der Waals surface area contributed by atoms with E-state index in [1.807, 2.05) is 0 Å². The first kappa shape index (κ1) is 27.2. The van der Waals surface area contributed by atoms with E-state index in [0.29, 0.717) is 30.6 Å². The molecular weight excluding hydrogens is 432 g/mol. The molecule has 1 unspecified atom stereocenters. The maximum atomic E-state index is 11.8. The first-order chi connectivity index (χ1) is 17.0. The summed E-state index contributed by atoms with van der Waals surface area (Å²) >= 11 is 0. The van der Waals surface area contributed by atoms with Crippen molar-refractivity contribution in [1.29, 1.82) is 0 Å². The average Bonchev–Trinajstić information content (AvgIpc) is 2.88. The average molecular weight is 477 g/mol. The minimum absolute atomic E-state index is 0.252. The molecule has 35 heavy (non-hydrogen) atoms. The van der Waals surface area contributed by atoms with Gasteiger partial charge in [-0.2, -0.15) is 0 Å². The Kier molecular flexibility index (Phi) is 11.1. The Balaban J connectivity index is 1.48. The van der Waals surface area contributed by atoms with Gasteiger partial charge in [0, 0.05) is 18.6 Å². The van der Waals surface area contributed by atoms with Gasteiger partial charge in [0.2, 0.25) is 0 Å². The number of aryl methyl sites for hydroxylation is 1. The molecule has 0 amide bonds. The highest BCUT2D eigenvalue weighted by molar-refractivity contribution is 5.86. The molecule has 1 saturated carbocycles. The molecule has 0 bridgehead atoms. The Hall–Kier alpha value is -2.39. The first-order valence-electron chi connectivity index (χ1n) is 13.5. The number of carbonyl (C=O) groups excluding carboxylic acids is 1. The maximum Gasteiger partial charge on any atom is 0.333 e. The molecule has 3 rings (SSSR count). The number of hydrogen-bond donors (Lipinski definition) is 0. The summed E-state index contributed by atoms with van der Waals surface area (Å²) in [7, 11) is 1.72. The molecular formula is C32H44O3. The van der Waals surface area contributed by atoms with Gasteiger partial charge in [-0.25, -0.2) is 4.79 Å². The zero-order chi connectivity index (χ0) is 25.0. The number of rotatable bonds is 13. The highest BCUT2D eigenvalue weighted by Crippen LogP contribution is 2.39. The third-order valence-electron chi connectivity index (χ3n) is 7.45. The number of carbonyl (C=O) groups is 1. The van der Waals surface area contributed by atoms with Crippen LogP contribution in [0.2, 0.25) is 0 Å². The standard InChI is InChI=1S/C32H44O3/c1-5-6-7-8-25-9-13-28(14-10-25)30-17-19-31(20-18-30)29-15-11-26(12-16-29)21-27(22-34-4)23-35-32(33)24(2)3/h9-10,13-14,17-20,26-27,29H,2,5-8,11-12,15-16,21-23H2,1,3-4H3. The maximum absolute atomic E-state index is 11.8.